The molecule has 2 unspecified atom stereocenters. The number of benzene rings is 1. The van der Waals surface area contributed by atoms with Crippen LogP contribution in [0.3, 0.4) is 0 Å². The molecule has 124 valence electrons. The first kappa shape index (κ1) is 16.3. The van der Waals surface area contributed by atoms with Gasteiger partial charge in [-0.1, -0.05) is 23.7 Å². The van der Waals surface area contributed by atoms with Crippen LogP contribution < -0.4 is 5.32 Å². The van der Waals surface area contributed by atoms with Gasteiger partial charge in [-0.25, -0.2) is 0 Å². The predicted octanol–water partition coefficient (Wildman–Crippen LogP) is 4.59. The maximum atomic E-state index is 10.6. The Morgan fingerprint density at radius 1 is 1.30 bits per heavy atom. The van der Waals surface area contributed by atoms with Crippen molar-refractivity contribution in [3.63, 3.8) is 0 Å². The van der Waals surface area contributed by atoms with Gasteiger partial charge in [0.2, 0.25) is 0 Å². The van der Waals surface area contributed by atoms with E-state index in [9.17, 15) is 5.11 Å². The Kier molecular flexibility index (Phi) is 3.73. The summed E-state index contributed by atoms with van der Waals surface area (Å²) < 4.78 is 5.30. The number of aryl methyl sites for hydroxylation is 3. The number of nitrogens with one attached hydrogen (secondary N) is 1. The van der Waals surface area contributed by atoms with Crippen molar-refractivity contribution in [1.82, 2.24) is 5.16 Å². The maximum Gasteiger partial charge on any atom is 0.141 e. The molecule has 2 heterocycles. The van der Waals surface area contributed by atoms with Crippen LogP contribution in [0.5, 0.6) is 0 Å². The van der Waals surface area contributed by atoms with Gasteiger partial charge in [-0.15, -0.1) is 0 Å². The molecule has 2 N–H and O–H groups in total. The molecular weight excluding hydrogens is 312 g/mol. The lowest BCUT2D eigenvalue weighted by molar-refractivity contribution is 0.0869. The first-order chi connectivity index (χ1) is 10.6. The standard InChI is InChI=1S/C18H23ClN2O2/c1-8-7-12(14-10(3)21-23-11(14)4)15(19)13-9(2)17(22)18(5,6)20-16(8)13/h7,9,17,20,22H,1-6H3. The van der Waals surface area contributed by atoms with Crippen LogP contribution in [0, 0.1) is 20.8 Å². The molecule has 3 rings (SSSR count). The highest BCUT2D eigenvalue weighted by Crippen LogP contribution is 2.48. The summed E-state index contributed by atoms with van der Waals surface area (Å²) in [6, 6.07) is 2.07. The molecule has 23 heavy (non-hydrogen) atoms. The van der Waals surface area contributed by atoms with Gasteiger partial charge in [-0.05, 0) is 46.2 Å². The minimum atomic E-state index is -0.521. The first-order valence-electron chi connectivity index (χ1n) is 7.87. The van der Waals surface area contributed by atoms with E-state index in [2.05, 4.69) is 23.5 Å². The number of anilines is 1. The number of aliphatic hydroxyl groups is 1. The molecule has 0 radical (unpaired) electrons. The van der Waals surface area contributed by atoms with Crippen molar-refractivity contribution in [2.75, 3.05) is 5.32 Å². The van der Waals surface area contributed by atoms with Crippen LogP contribution in [0.15, 0.2) is 10.6 Å². The van der Waals surface area contributed by atoms with Gasteiger partial charge in [0, 0.05) is 28.3 Å². The third-order valence-electron chi connectivity index (χ3n) is 4.92. The van der Waals surface area contributed by atoms with Crippen LogP contribution in [0.2, 0.25) is 5.02 Å². The van der Waals surface area contributed by atoms with E-state index in [0.29, 0.717) is 5.02 Å². The highest BCUT2D eigenvalue weighted by atomic mass is 35.5. The van der Waals surface area contributed by atoms with E-state index in [-0.39, 0.29) is 5.92 Å². The van der Waals surface area contributed by atoms with Gasteiger partial charge >= 0.3 is 0 Å². The highest BCUT2D eigenvalue weighted by Gasteiger charge is 2.41. The number of hydrogen-bond donors (Lipinski definition) is 2. The van der Waals surface area contributed by atoms with E-state index >= 15 is 0 Å². The molecule has 2 atom stereocenters. The predicted molar refractivity (Wildman–Crippen MR) is 93.3 cm³/mol. The first-order valence-corrected chi connectivity index (χ1v) is 8.25. The lowest BCUT2D eigenvalue weighted by Gasteiger charge is -2.43. The molecular formula is C18H23ClN2O2. The van der Waals surface area contributed by atoms with E-state index in [1.807, 2.05) is 34.6 Å². The zero-order chi connectivity index (χ0) is 17.1. The third-order valence-corrected chi connectivity index (χ3v) is 5.32. The minimum absolute atomic E-state index is 0.0622. The molecule has 0 aliphatic carbocycles. The minimum Gasteiger partial charge on any atom is -0.390 e. The topological polar surface area (TPSA) is 58.3 Å². The molecule has 0 saturated carbocycles. The number of nitrogens with zero attached hydrogens (tertiary/aromatic N) is 1. The number of fused-ring (bicyclic) bond motifs is 1. The van der Waals surface area contributed by atoms with Crippen molar-refractivity contribution in [3.05, 3.63) is 33.7 Å². The van der Waals surface area contributed by atoms with Gasteiger partial charge in [0.05, 0.1) is 22.4 Å². The van der Waals surface area contributed by atoms with Crippen LogP contribution in [0.4, 0.5) is 5.69 Å². The Bertz CT molecular complexity index is 760. The number of aliphatic hydroxyl groups excluding tert-OH is 1. The fraction of sp³-hybridized carbons (Fsp3) is 0.500. The summed E-state index contributed by atoms with van der Waals surface area (Å²) in [4.78, 5) is 0. The largest absolute Gasteiger partial charge is 0.390 e. The summed E-state index contributed by atoms with van der Waals surface area (Å²) in [5.41, 5.74) is 5.37. The highest BCUT2D eigenvalue weighted by molar-refractivity contribution is 6.34. The number of hydrogen-bond acceptors (Lipinski definition) is 4. The second kappa shape index (κ2) is 5.25. The number of rotatable bonds is 1. The molecule has 0 saturated heterocycles. The molecule has 1 aromatic heterocycles. The second-order valence-corrected chi connectivity index (χ2v) is 7.50. The molecule has 1 aromatic carbocycles. The summed E-state index contributed by atoms with van der Waals surface area (Å²) >= 11 is 6.77. The normalized spacial score (nSPS) is 22.6. The van der Waals surface area contributed by atoms with Gasteiger partial charge in [-0.3, -0.25) is 0 Å². The average molecular weight is 335 g/mol. The molecule has 0 fully saturated rings. The molecule has 0 amide bonds. The summed E-state index contributed by atoms with van der Waals surface area (Å²) in [6.07, 6.45) is -0.521. The molecule has 1 aliphatic heterocycles. The zero-order valence-electron chi connectivity index (χ0n) is 14.4. The molecule has 5 heteroatoms. The third kappa shape index (κ3) is 2.36. The maximum absolute atomic E-state index is 10.6. The zero-order valence-corrected chi connectivity index (χ0v) is 15.2. The van der Waals surface area contributed by atoms with Gasteiger partial charge in [0.15, 0.2) is 0 Å². The Morgan fingerprint density at radius 3 is 2.52 bits per heavy atom. The van der Waals surface area contributed by atoms with Crippen molar-refractivity contribution >= 4 is 17.3 Å². The van der Waals surface area contributed by atoms with Gasteiger partial charge < -0.3 is 14.9 Å². The molecule has 0 bridgehead atoms. The molecule has 0 spiro atoms. The Morgan fingerprint density at radius 2 is 1.96 bits per heavy atom. The Labute approximate surface area is 141 Å². The number of halogens is 1. The van der Waals surface area contributed by atoms with Gasteiger partial charge in [-0.2, -0.15) is 0 Å². The van der Waals surface area contributed by atoms with Crippen molar-refractivity contribution in [1.29, 1.82) is 0 Å². The summed E-state index contributed by atoms with van der Waals surface area (Å²) in [5, 5.41) is 18.8. The number of aromatic nitrogens is 1. The molecule has 4 nitrogen and oxygen atoms in total. The monoisotopic (exact) mass is 334 g/mol. The fourth-order valence-electron chi connectivity index (χ4n) is 3.64. The average Bonchev–Trinajstić information content (AvgIpc) is 2.79. The van der Waals surface area contributed by atoms with Gasteiger partial charge in [0.25, 0.3) is 0 Å². The smallest absolute Gasteiger partial charge is 0.141 e. The van der Waals surface area contributed by atoms with Gasteiger partial charge in [0.1, 0.15) is 5.76 Å². The summed E-state index contributed by atoms with van der Waals surface area (Å²) in [7, 11) is 0. The second-order valence-electron chi connectivity index (χ2n) is 7.12. The quantitative estimate of drug-likeness (QED) is 0.800. The van der Waals surface area contributed by atoms with Crippen molar-refractivity contribution in [2.24, 2.45) is 0 Å². The van der Waals surface area contributed by atoms with Crippen LogP contribution in [0.1, 0.15) is 49.3 Å². The summed E-state index contributed by atoms with van der Waals surface area (Å²) in [5.74, 6) is 0.689. The Balaban J connectivity index is 2.28. The van der Waals surface area contributed by atoms with Crippen molar-refractivity contribution in [2.45, 2.75) is 59.1 Å². The summed E-state index contributed by atoms with van der Waals surface area (Å²) in [6.45, 7) is 11.9. The molecule has 1 aliphatic rings. The Hall–Kier alpha value is -1.52. The van der Waals surface area contributed by atoms with Crippen molar-refractivity contribution in [3.8, 4) is 11.1 Å². The SMILES string of the molecule is Cc1cc(-c2c(C)noc2C)c(Cl)c2c1NC(C)(C)C(O)C2C. The lowest BCUT2D eigenvalue weighted by atomic mass is 9.77. The van der Waals surface area contributed by atoms with Crippen molar-refractivity contribution < 1.29 is 9.63 Å². The van der Waals surface area contributed by atoms with Crippen LogP contribution in [-0.2, 0) is 0 Å². The molecule has 2 aromatic rings. The van der Waals surface area contributed by atoms with Crippen LogP contribution in [0.25, 0.3) is 11.1 Å². The van der Waals surface area contributed by atoms with E-state index in [1.54, 1.807) is 0 Å². The van der Waals surface area contributed by atoms with E-state index < -0.39 is 11.6 Å². The van der Waals surface area contributed by atoms with E-state index in [1.165, 1.54) is 0 Å². The van der Waals surface area contributed by atoms with Crippen LogP contribution >= 0.6 is 11.6 Å². The van der Waals surface area contributed by atoms with Crippen LogP contribution in [-0.4, -0.2) is 21.9 Å². The van der Waals surface area contributed by atoms with E-state index in [4.69, 9.17) is 16.1 Å². The van der Waals surface area contributed by atoms with E-state index in [0.717, 1.165) is 39.4 Å². The fourth-order valence-corrected chi connectivity index (χ4v) is 4.06. The lowest BCUT2D eigenvalue weighted by Crippen LogP contribution is -2.50.